The van der Waals surface area contributed by atoms with Crippen LogP contribution in [0.5, 0.6) is 5.75 Å². The predicted molar refractivity (Wildman–Crippen MR) is 94.5 cm³/mol. The number of amides is 2. The number of urea groups is 1. The van der Waals surface area contributed by atoms with Crippen LogP contribution in [0.4, 0.5) is 10.5 Å². The Morgan fingerprint density at radius 3 is 2.96 bits per heavy atom. The maximum absolute atomic E-state index is 12.3. The highest BCUT2D eigenvalue weighted by Gasteiger charge is 2.33. The second-order valence-corrected chi connectivity index (χ2v) is 6.36. The van der Waals surface area contributed by atoms with Gasteiger partial charge in [-0.2, -0.15) is 5.10 Å². The van der Waals surface area contributed by atoms with E-state index in [1.165, 1.54) is 0 Å². The molecule has 2 aromatic heterocycles. The van der Waals surface area contributed by atoms with Gasteiger partial charge in [0.2, 0.25) is 0 Å². The third kappa shape index (κ3) is 3.08. The molecule has 1 saturated heterocycles. The zero-order chi connectivity index (χ0) is 17.4. The minimum Gasteiger partial charge on any atom is -0.485 e. The van der Waals surface area contributed by atoms with Crippen LogP contribution in [0.15, 0.2) is 42.9 Å². The van der Waals surface area contributed by atoms with Crippen LogP contribution in [-0.4, -0.2) is 44.7 Å². The number of hydrogen-bond donors (Lipinski definition) is 1. The van der Waals surface area contributed by atoms with E-state index in [-0.39, 0.29) is 12.1 Å². The molecule has 128 valence electrons. The molecule has 0 saturated carbocycles. The lowest BCUT2D eigenvalue weighted by molar-refractivity contribution is 0.0494. The number of nitrogens with one attached hydrogen (secondary N) is 1. The van der Waals surface area contributed by atoms with Crippen molar-refractivity contribution in [2.75, 3.05) is 18.4 Å². The Labute approximate surface area is 153 Å². The minimum atomic E-state index is -0.224. The Kier molecular flexibility index (Phi) is 4.10. The van der Waals surface area contributed by atoms with Gasteiger partial charge in [0.15, 0.2) is 5.65 Å². The number of ether oxygens (including phenoxy) is 1. The molecule has 3 heterocycles. The van der Waals surface area contributed by atoms with Gasteiger partial charge in [-0.05, 0) is 18.2 Å². The van der Waals surface area contributed by atoms with E-state index in [4.69, 9.17) is 27.9 Å². The molecular formula is C16H13Cl2N5O2. The van der Waals surface area contributed by atoms with Crippen molar-refractivity contribution in [1.29, 1.82) is 0 Å². The van der Waals surface area contributed by atoms with Crippen LogP contribution in [0, 0.1) is 0 Å². The molecule has 0 bridgehead atoms. The van der Waals surface area contributed by atoms with E-state index in [2.05, 4.69) is 15.4 Å². The summed E-state index contributed by atoms with van der Waals surface area (Å²) in [5, 5.41) is 7.76. The van der Waals surface area contributed by atoms with Crippen LogP contribution in [0.2, 0.25) is 10.0 Å². The zero-order valence-electron chi connectivity index (χ0n) is 12.9. The number of anilines is 1. The highest BCUT2D eigenvalue weighted by Crippen LogP contribution is 2.33. The number of fused-ring (bicyclic) bond motifs is 1. The SMILES string of the molecule is O=C(Nc1cnn2cccnc12)N1CC(Oc2cccc(Cl)c2Cl)C1. The maximum Gasteiger partial charge on any atom is 0.322 e. The number of likely N-dealkylation sites (tertiary alicyclic amines) is 1. The summed E-state index contributed by atoms with van der Waals surface area (Å²) in [6.45, 7) is 0.919. The summed E-state index contributed by atoms with van der Waals surface area (Å²) in [6.07, 6.45) is 4.86. The average molecular weight is 378 g/mol. The Hall–Kier alpha value is -2.51. The number of aromatic nitrogens is 3. The topological polar surface area (TPSA) is 71.8 Å². The van der Waals surface area contributed by atoms with Crippen LogP contribution < -0.4 is 10.1 Å². The van der Waals surface area contributed by atoms with Crippen molar-refractivity contribution in [2.24, 2.45) is 0 Å². The molecule has 1 fully saturated rings. The zero-order valence-corrected chi connectivity index (χ0v) is 14.4. The van der Waals surface area contributed by atoms with Crippen molar-refractivity contribution in [3.8, 4) is 5.75 Å². The average Bonchev–Trinajstić information content (AvgIpc) is 2.97. The summed E-state index contributed by atoms with van der Waals surface area (Å²) in [7, 11) is 0. The third-order valence-corrected chi connectivity index (χ3v) is 4.67. The van der Waals surface area contributed by atoms with Gasteiger partial charge in [0, 0.05) is 12.4 Å². The number of benzene rings is 1. The van der Waals surface area contributed by atoms with Crippen molar-refractivity contribution in [3.05, 3.63) is 52.9 Å². The normalized spacial score (nSPS) is 14.4. The van der Waals surface area contributed by atoms with Crippen LogP contribution in [0.3, 0.4) is 0 Å². The van der Waals surface area contributed by atoms with Gasteiger partial charge >= 0.3 is 6.03 Å². The summed E-state index contributed by atoms with van der Waals surface area (Å²) >= 11 is 12.1. The molecule has 1 aliphatic rings. The van der Waals surface area contributed by atoms with Gasteiger partial charge in [-0.15, -0.1) is 0 Å². The number of hydrogen-bond acceptors (Lipinski definition) is 4. The van der Waals surface area contributed by atoms with Crippen LogP contribution in [0.25, 0.3) is 5.65 Å². The lowest BCUT2D eigenvalue weighted by Gasteiger charge is -2.38. The second kappa shape index (κ2) is 6.42. The van der Waals surface area contributed by atoms with Crippen molar-refractivity contribution in [1.82, 2.24) is 19.5 Å². The minimum absolute atomic E-state index is 0.122. The molecule has 25 heavy (non-hydrogen) atoms. The van der Waals surface area contributed by atoms with Crippen LogP contribution in [-0.2, 0) is 0 Å². The number of rotatable bonds is 3. The summed E-state index contributed by atoms with van der Waals surface area (Å²) in [6, 6.07) is 6.76. The summed E-state index contributed by atoms with van der Waals surface area (Å²) < 4.78 is 7.38. The first-order valence-electron chi connectivity index (χ1n) is 7.57. The van der Waals surface area contributed by atoms with E-state index in [1.54, 1.807) is 52.3 Å². The largest absolute Gasteiger partial charge is 0.485 e. The van der Waals surface area contributed by atoms with Gasteiger partial charge in [0.05, 0.1) is 24.3 Å². The molecule has 1 N–H and O–H groups in total. The fourth-order valence-electron chi connectivity index (χ4n) is 2.54. The molecule has 1 aromatic carbocycles. The van der Waals surface area contributed by atoms with E-state index in [1.807, 2.05) is 0 Å². The fourth-order valence-corrected chi connectivity index (χ4v) is 2.88. The van der Waals surface area contributed by atoms with Gasteiger partial charge in [0.1, 0.15) is 22.6 Å². The van der Waals surface area contributed by atoms with E-state index in [9.17, 15) is 4.79 Å². The standard InChI is InChI=1S/C16H13Cl2N5O2/c17-11-3-1-4-13(14(11)18)25-10-8-22(9-10)16(24)21-12-7-20-23-6-2-5-19-15(12)23/h1-7,10H,8-9H2,(H,21,24). The first-order chi connectivity index (χ1) is 12.1. The molecule has 0 radical (unpaired) electrons. The Morgan fingerprint density at radius 2 is 2.12 bits per heavy atom. The molecule has 4 rings (SSSR count). The smallest absolute Gasteiger partial charge is 0.322 e. The van der Waals surface area contributed by atoms with Gasteiger partial charge in [-0.3, -0.25) is 0 Å². The van der Waals surface area contributed by atoms with Crippen molar-refractivity contribution in [2.45, 2.75) is 6.10 Å². The molecule has 7 nitrogen and oxygen atoms in total. The van der Waals surface area contributed by atoms with E-state index in [0.717, 1.165) is 0 Å². The van der Waals surface area contributed by atoms with Gasteiger partial charge in [-0.25, -0.2) is 14.3 Å². The maximum atomic E-state index is 12.3. The molecule has 1 aliphatic heterocycles. The third-order valence-electron chi connectivity index (χ3n) is 3.87. The molecule has 3 aromatic rings. The van der Waals surface area contributed by atoms with Crippen LogP contribution in [0.1, 0.15) is 0 Å². The first-order valence-corrected chi connectivity index (χ1v) is 8.32. The van der Waals surface area contributed by atoms with Gasteiger partial charge in [0.25, 0.3) is 0 Å². The van der Waals surface area contributed by atoms with E-state index in [0.29, 0.717) is 40.2 Å². The van der Waals surface area contributed by atoms with Crippen molar-refractivity contribution in [3.63, 3.8) is 0 Å². The number of halogens is 2. The Morgan fingerprint density at radius 1 is 1.28 bits per heavy atom. The molecule has 0 aliphatic carbocycles. The quantitative estimate of drug-likeness (QED) is 0.759. The molecule has 0 atom stereocenters. The monoisotopic (exact) mass is 377 g/mol. The Bertz CT molecular complexity index is 939. The molecule has 2 amide bonds. The number of carbonyl (C=O) groups excluding carboxylic acids is 1. The molecule has 9 heteroatoms. The highest BCUT2D eigenvalue weighted by atomic mass is 35.5. The summed E-state index contributed by atoms with van der Waals surface area (Å²) in [5.41, 5.74) is 1.16. The van der Waals surface area contributed by atoms with Crippen LogP contribution >= 0.6 is 23.2 Å². The summed E-state index contributed by atoms with van der Waals surface area (Å²) in [4.78, 5) is 18.1. The lowest BCUT2D eigenvalue weighted by Crippen LogP contribution is -2.57. The molecule has 0 spiro atoms. The summed E-state index contributed by atoms with van der Waals surface area (Å²) in [5.74, 6) is 0.519. The van der Waals surface area contributed by atoms with Gasteiger partial charge in [-0.1, -0.05) is 29.3 Å². The number of nitrogens with zero attached hydrogens (tertiary/aromatic N) is 4. The Balaban J connectivity index is 1.36. The first kappa shape index (κ1) is 16.0. The van der Waals surface area contributed by atoms with Gasteiger partial charge < -0.3 is 15.0 Å². The molecular weight excluding hydrogens is 365 g/mol. The molecule has 0 unspecified atom stereocenters. The predicted octanol–water partition coefficient (Wildman–Crippen LogP) is 3.33. The second-order valence-electron chi connectivity index (χ2n) is 5.57. The van der Waals surface area contributed by atoms with E-state index >= 15 is 0 Å². The fraction of sp³-hybridized carbons (Fsp3) is 0.188. The highest BCUT2D eigenvalue weighted by molar-refractivity contribution is 6.42. The van der Waals surface area contributed by atoms with E-state index < -0.39 is 0 Å². The lowest BCUT2D eigenvalue weighted by atomic mass is 10.2. The number of carbonyl (C=O) groups is 1. The van der Waals surface area contributed by atoms with Crippen molar-refractivity contribution >= 4 is 40.6 Å². The van der Waals surface area contributed by atoms with Crippen molar-refractivity contribution < 1.29 is 9.53 Å².